The first-order valence-corrected chi connectivity index (χ1v) is 12.0. The second-order valence-electron chi connectivity index (χ2n) is 8.85. The maximum Gasteiger partial charge on any atom is 0.410 e. The zero-order valence-electron chi connectivity index (χ0n) is 18.4. The fraction of sp³-hybridized carbons (Fsp3) is 0.391. The molecule has 0 saturated carbocycles. The van der Waals surface area contributed by atoms with Gasteiger partial charge in [-0.05, 0) is 54.9 Å². The van der Waals surface area contributed by atoms with Gasteiger partial charge in [-0.2, -0.15) is 0 Å². The number of imidazole rings is 1. The van der Waals surface area contributed by atoms with Crippen LogP contribution in [-0.4, -0.2) is 51.8 Å². The molecular formula is C23H23BrCl2FN3O3. The summed E-state index contributed by atoms with van der Waals surface area (Å²) in [6, 6.07) is 6.34. The van der Waals surface area contributed by atoms with Crippen LogP contribution in [0.15, 0.2) is 34.9 Å². The molecule has 3 heterocycles. The van der Waals surface area contributed by atoms with E-state index in [4.69, 9.17) is 37.7 Å². The van der Waals surface area contributed by atoms with Crippen molar-refractivity contribution in [3.05, 3.63) is 56.5 Å². The molecule has 0 spiro atoms. The first kappa shape index (κ1) is 24.3. The van der Waals surface area contributed by atoms with Gasteiger partial charge in [0.15, 0.2) is 0 Å². The summed E-state index contributed by atoms with van der Waals surface area (Å²) in [7, 11) is 0. The first-order valence-electron chi connectivity index (χ1n) is 10.4. The second kappa shape index (κ2) is 9.41. The van der Waals surface area contributed by atoms with Gasteiger partial charge >= 0.3 is 6.09 Å². The number of hydrogen-bond acceptors (Lipinski definition) is 4. The van der Waals surface area contributed by atoms with Crippen molar-refractivity contribution < 1.29 is 18.7 Å². The Morgan fingerprint density at radius 1 is 1.33 bits per heavy atom. The van der Waals surface area contributed by atoms with Gasteiger partial charge in [0.05, 0.1) is 40.1 Å². The molecule has 3 aromatic rings. The number of hydrogen-bond donors (Lipinski definition) is 0. The summed E-state index contributed by atoms with van der Waals surface area (Å²) in [6.45, 7) is 6.69. The van der Waals surface area contributed by atoms with E-state index < -0.39 is 11.4 Å². The minimum atomic E-state index is -0.582. The van der Waals surface area contributed by atoms with Crippen molar-refractivity contribution in [2.75, 3.05) is 19.7 Å². The largest absolute Gasteiger partial charge is 0.444 e. The van der Waals surface area contributed by atoms with Crippen LogP contribution in [0.1, 0.15) is 26.5 Å². The molecule has 1 saturated heterocycles. The van der Waals surface area contributed by atoms with Crippen LogP contribution in [0.25, 0.3) is 16.9 Å². The number of benzene rings is 1. The monoisotopic (exact) mass is 557 g/mol. The van der Waals surface area contributed by atoms with Crippen molar-refractivity contribution in [2.45, 2.75) is 38.9 Å². The van der Waals surface area contributed by atoms with Crippen LogP contribution < -0.4 is 0 Å². The standard InChI is InChI=1S/C23H23BrCl2FN3O3/c1-23(2,3)33-22(31)29-6-7-32-14(12-29)9-19-21(15-10-18(27)16(24)11-17(15)26)28-20-8-13(25)4-5-30(19)20/h4-5,8,10-11,14H,6-7,9,12H2,1-3H3/t14-/m0/s1. The third-order valence-electron chi connectivity index (χ3n) is 5.16. The third kappa shape index (κ3) is 5.45. The van der Waals surface area contributed by atoms with Crippen LogP contribution in [-0.2, 0) is 15.9 Å². The van der Waals surface area contributed by atoms with Crippen LogP contribution in [0.5, 0.6) is 0 Å². The summed E-state index contributed by atoms with van der Waals surface area (Å²) in [5.41, 5.74) is 1.80. The normalized spacial score (nSPS) is 16.9. The average molecular weight is 559 g/mol. The van der Waals surface area contributed by atoms with Crippen molar-refractivity contribution in [1.82, 2.24) is 14.3 Å². The van der Waals surface area contributed by atoms with Crippen molar-refractivity contribution in [2.24, 2.45) is 0 Å². The van der Waals surface area contributed by atoms with E-state index in [1.54, 1.807) is 23.2 Å². The topological polar surface area (TPSA) is 56.1 Å². The molecule has 0 N–H and O–H groups in total. The van der Waals surface area contributed by atoms with Gasteiger partial charge in [-0.15, -0.1) is 0 Å². The molecule has 1 aliphatic heterocycles. The summed E-state index contributed by atoms with van der Waals surface area (Å²) in [5, 5.41) is 0.891. The Hall–Kier alpha value is -1.87. The maximum absolute atomic E-state index is 14.4. The molecule has 2 aromatic heterocycles. The van der Waals surface area contributed by atoms with Gasteiger partial charge in [-0.3, -0.25) is 0 Å². The van der Waals surface area contributed by atoms with Crippen molar-refractivity contribution >= 4 is 50.9 Å². The fourth-order valence-electron chi connectivity index (χ4n) is 3.74. The molecule has 6 nitrogen and oxygen atoms in total. The molecule has 1 aromatic carbocycles. The molecule has 1 aliphatic rings. The number of rotatable bonds is 3. The summed E-state index contributed by atoms with van der Waals surface area (Å²) in [4.78, 5) is 18.9. The van der Waals surface area contributed by atoms with Gasteiger partial charge in [0.25, 0.3) is 0 Å². The maximum atomic E-state index is 14.4. The highest BCUT2D eigenvalue weighted by molar-refractivity contribution is 9.10. The summed E-state index contributed by atoms with van der Waals surface area (Å²) < 4.78 is 28.0. The Morgan fingerprint density at radius 2 is 2.09 bits per heavy atom. The zero-order chi connectivity index (χ0) is 23.9. The third-order valence-corrected chi connectivity index (χ3v) is 6.32. The predicted molar refractivity (Wildman–Crippen MR) is 130 cm³/mol. The van der Waals surface area contributed by atoms with Gasteiger partial charge in [0.2, 0.25) is 0 Å². The predicted octanol–water partition coefficient (Wildman–Crippen LogP) is 6.39. The molecule has 176 valence electrons. The van der Waals surface area contributed by atoms with E-state index in [-0.39, 0.29) is 16.7 Å². The Morgan fingerprint density at radius 3 is 2.82 bits per heavy atom. The average Bonchev–Trinajstić information content (AvgIpc) is 3.06. The molecule has 0 unspecified atom stereocenters. The highest BCUT2D eigenvalue weighted by Gasteiger charge is 2.30. The Kier molecular flexibility index (Phi) is 6.92. The van der Waals surface area contributed by atoms with Crippen LogP contribution in [0, 0.1) is 5.82 Å². The van der Waals surface area contributed by atoms with Crippen molar-refractivity contribution in [3.63, 3.8) is 0 Å². The molecule has 10 heteroatoms. The Bertz CT molecular complexity index is 1210. The minimum Gasteiger partial charge on any atom is -0.444 e. The molecule has 0 radical (unpaired) electrons. The zero-order valence-corrected chi connectivity index (χ0v) is 21.5. The number of aromatic nitrogens is 2. The van der Waals surface area contributed by atoms with E-state index in [0.717, 1.165) is 5.69 Å². The quantitative estimate of drug-likeness (QED) is 0.350. The number of halogens is 4. The van der Waals surface area contributed by atoms with Gasteiger partial charge in [0, 0.05) is 35.8 Å². The molecule has 1 atom stereocenters. The lowest BCUT2D eigenvalue weighted by Gasteiger charge is -2.34. The Labute approximate surface area is 209 Å². The van der Waals surface area contributed by atoms with Crippen LogP contribution in [0.4, 0.5) is 9.18 Å². The molecule has 4 rings (SSSR count). The molecular weight excluding hydrogens is 536 g/mol. The lowest BCUT2D eigenvalue weighted by molar-refractivity contribution is -0.0418. The minimum absolute atomic E-state index is 0.272. The fourth-order valence-corrected chi connectivity index (χ4v) is 4.62. The van der Waals surface area contributed by atoms with E-state index in [2.05, 4.69) is 15.9 Å². The van der Waals surface area contributed by atoms with Crippen molar-refractivity contribution in [3.8, 4) is 11.3 Å². The van der Waals surface area contributed by atoms with Gasteiger partial charge < -0.3 is 18.8 Å². The molecule has 0 bridgehead atoms. The van der Waals surface area contributed by atoms with E-state index in [0.29, 0.717) is 53.1 Å². The van der Waals surface area contributed by atoms with E-state index in [1.165, 1.54) is 12.1 Å². The van der Waals surface area contributed by atoms with E-state index in [9.17, 15) is 9.18 Å². The SMILES string of the molecule is CC(C)(C)OC(=O)N1CCO[C@@H](Cc2c(-c3cc(F)c(Br)cc3Cl)nc3cc(Cl)ccn23)C1. The highest BCUT2D eigenvalue weighted by Crippen LogP contribution is 2.35. The molecule has 1 amide bonds. The number of carbonyl (C=O) groups excluding carboxylic acids is 1. The summed E-state index contributed by atoms with van der Waals surface area (Å²) >= 11 is 15.8. The lowest BCUT2D eigenvalue weighted by Crippen LogP contribution is -2.48. The van der Waals surface area contributed by atoms with Crippen LogP contribution in [0.3, 0.4) is 0 Å². The number of fused-ring (bicyclic) bond motifs is 1. The highest BCUT2D eigenvalue weighted by atomic mass is 79.9. The summed E-state index contributed by atoms with van der Waals surface area (Å²) in [5.74, 6) is -0.444. The number of amides is 1. The first-order chi connectivity index (χ1) is 15.5. The van der Waals surface area contributed by atoms with Crippen molar-refractivity contribution in [1.29, 1.82) is 0 Å². The number of nitrogens with zero attached hydrogens (tertiary/aromatic N) is 3. The van der Waals surface area contributed by atoms with Gasteiger partial charge in [-0.1, -0.05) is 23.2 Å². The van der Waals surface area contributed by atoms with E-state index in [1.807, 2.05) is 25.2 Å². The van der Waals surface area contributed by atoms with E-state index >= 15 is 0 Å². The number of carbonyl (C=O) groups is 1. The number of morpholine rings is 1. The van der Waals surface area contributed by atoms with Crippen LogP contribution in [0.2, 0.25) is 10.0 Å². The lowest BCUT2D eigenvalue weighted by atomic mass is 10.0. The Balaban J connectivity index is 1.69. The smallest absolute Gasteiger partial charge is 0.410 e. The van der Waals surface area contributed by atoms with Gasteiger partial charge in [0.1, 0.15) is 17.1 Å². The number of ether oxygens (including phenoxy) is 2. The molecule has 33 heavy (non-hydrogen) atoms. The molecule has 1 fully saturated rings. The van der Waals surface area contributed by atoms with Gasteiger partial charge in [-0.25, -0.2) is 14.2 Å². The van der Waals surface area contributed by atoms with Crippen LogP contribution >= 0.6 is 39.1 Å². The number of pyridine rings is 1. The second-order valence-corrected chi connectivity index (χ2v) is 10.5. The summed E-state index contributed by atoms with van der Waals surface area (Å²) in [6.07, 6.45) is 1.55. The molecule has 0 aliphatic carbocycles.